The molecular formula is C20H23ClF3N5O. The summed E-state index contributed by atoms with van der Waals surface area (Å²) >= 11 is 6.38. The molecule has 0 spiro atoms. The number of piperidine rings is 1. The van der Waals surface area contributed by atoms with E-state index < -0.39 is 11.7 Å². The molecule has 2 fully saturated rings. The van der Waals surface area contributed by atoms with Gasteiger partial charge in [0.05, 0.1) is 24.5 Å². The van der Waals surface area contributed by atoms with E-state index in [1.807, 2.05) is 11.8 Å². The molecule has 2 aliphatic rings. The molecule has 2 aromatic rings. The Kier molecular flexibility index (Phi) is 6.02. The van der Waals surface area contributed by atoms with Crippen molar-refractivity contribution in [3.05, 3.63) is 40.3 Å². The molecule has 4 heterocycles. The SMILES string of the molecule is Cc1c(Cl)nc(N2CCOCC2)nc1N1CCC(c2ncccc2C(F)(F)F)CC1. The first kappa shape index (κ1) is 21.1. The van der Waals surface area contributed by atoms with E-state index in [2.05, 4.69) is 14.9 Å². The van der Waals surface area contributed by atoms with Crippen LogP contribution in [0, 0.1) is 6.92 Å². The van der Waals surface area contributed by atoms with Crippen molar-refractivity contribution in [1.29, 1.82) is 0 Å². The Morgan fingerprint density at radius 3 is 2.43 bits per heavy atom. The minimum absolute atomic E-state index is 0.135. The molecule has 2 saturated heterocycles. The monoisotopic (exact) mass is 441 g/mol. The van der Waals surface area contributed by atoms with Gasteiger partial charge in [0.25, 0.3) is 0 Å². The maximum absolute atomic E-state index is 13.4. The van der Waals surface area contributed by atoms with Gasteiger partial charge in [0, 0.05) is 43.9 Å². The van der Waals surface area contributed by atoms with Gasteiger partial charge in [-0.2, -0.15) is 18.2 Å². The summed E-state index contributed by atoms with van der Waals surface area (Å²) in [5, 5.41) is 0.396. The lowest BCUT2D eigenvalue weighted by molar-refractivity contribution is -0.138. The molecule has 0 atom stereocenters. The number of nitrogens with zero attached hydrogens (tertiary/aromatic N) is 5. The van der Waals surface area contributed by atoms with Gasteiger partial charge in [0.15, 0.2) is 0 Å². The topological polar surface area (TPSA) is 54.4 Å². The minimum Gasteiger partial charge on any atom is -0.378 e. The molecular weight excluding hydrogens is 419 g/mol. The first-order valence-electron chi connectivity index (χ1n) is 9.98. The number of hydrogen-bond acceptors (Lipinski definition) is 6. The van der Waals surface area contributed by atoms with Gasteiger partial charge in [-0.25, -0.2) is 4.98 Å². The average Bonchev–Trinajstić information content (AvgIpc) is 2.76. The van der Waals surface area contributed by atoms with Gasteiger partial charge in [-0.1, -0.05) is 11.6 Å². The van der Waals surface area contributed by atoms with Crippen molar-refractivity contribution < 1.29 is 17.9 Å². The van der Waals surface area contributed by atoms with Gasteiger partial charge in [-0.15, -0.1) is 0 Å². The first-order chi connectivity index (χ1) is 14.3. The second-order valence-corrected chi connectivity index (χ2v) is 7.92. The molecule has 0 aromatic carbocycles. The summed E-state index contributed by atoms with van der Waals surface area (Å²) in [6.07, 6.45) is -1.84. The first-order valence-corrected chi connectivity index (χ1v) is 10.4. The Morgan fingerprint density at radius 1 is 1.07 bits per heavy atom. The van der Waals surface area contributed by atoms with Crippen molar-refractivity contribution >= 4 is 23.4 Å². The molecule has 0 N–H and O–H groups in total. The molecule has 0 radical (unpaired) electrons. The van der Waals surface area contributed by atoms with Crippen LogP contribution in [0.3, 0.4) is 0 Å². The second kappa shape index (κ2) is 8.55. The van der Waals surface area contributed by atoms with E-state index in [-0.39, 0.29) is 11.6 Å². The lowest BCUT2D eigenvalue weighted by Crippen LogP contribution is -2.39. The average molecular weight is 442 g/mol. The van der Waals surface area contributed by atoms with Crippen LogP contribution in [-0.2, 0) is 10.9 Å². The number of hydrogen-bond donors (Lipinski definition) is 0. The van der Waals surface area contributed by atoms with Crippen LogP contribution in [-0.4, -0.2) is 54.3 Å². The number of halogens is 4. The molecule has 10 heteroatoms. The molecule has 162 valence electrons. The lowest BCUT2D eigenvalue weighted by atomic mass is 9.90. The predicted octanol–water partition coefficient (Wildman–Crippen LogP) is 4.07. The number of ether oxygens (including phenoxy) is 1. The molecule has 0 aliphatic carbocycles. The van der Waals surface area contributed by atoms with E-state index in [0.29, 0.717) is 63.3 Å². The second-order valence-electron chi connectivity index (χ2n) is 7.56. The number of alkyl halides is 3. The van der Waals surface area contributed by atoms with E-state index in [1.54, 1.807) is 0 Å². The van der Waals surface area contributed by atoms with Crippen molar-refractivity contribution in [3.63, 3.8) is 0 Å². The zero-order chi connectivity index (χ0) is 21.3. The van der Waals surface area contributed by atoms with Crippen LogP contribution in [0.5, 0.6) is 0 Å². The molecule has 0 bridgehead atoms. The largest absolute Gasteiger partial charge is 0.418 e. The summed E-state index contributed by atoms with van der Waals surface area (Å²) in [4.78, 5) is 17.3. The van der Waals surface area contributed by atoms with Crippen LogP contribution in [0.1, 0.15) is 35.6 Å². The Hall–Kier alpha value is -2.13. The van der Waals surface area contributed by atoms with Crippen LogP contribution in [0.4, 0.5) is 24.9 Å². The standard InChI is InChI=1S/C20H23ClF3N5O/c1-13-17(21)26-19(29-9-11-30-12-10-29)27-18(13)28-7-4-14(5-8-28)16-15(20(22,23)24)3-2-6-25-16/h2-3,6,14H,4-5,7-12H2,1H3. The van der Waals surface area contributed by atoms with E-state index >= 15 is 0 Å². The fraction of sp³-hybridized carbons (Fsp3) is 0.550. The summed E-state index contributed by atoms with van der Waals surface area (Å²) in [5.74, 6) is 1.07. The maximum atomic E-state index is 13.4. The Bertz CT molecular complexity index is 896. The van der Waals surface area contributed by atoms with E-state index in [1.165, 1.54) is 12.3 Å². The third-order valence-corrected chi connectivity index (χ3v) is 6.04. The zero-order valence-corrected chi connectivity index (χ0v) is 17.4. The van der Waals surface area contributed by atoms with Crippen molar-refractivity contribution in [1.82, 2.24) is 15.0 Å². The number of anilines is 2. The van der Waals surface area contributed by atoms with Crippen LogP contribution >= 0.6 is 11.6 Å². The summed E-state index contributed by atoms with van der Waals surface area (Å²) in [6.45, 7) is 5.64. The summed E-state index contributed by atoms with van der Waals surface area (Å²) in [7, 11) is 0. The van der Waals surface area contributed by atoms with Crippen molar-refractivity contribution in [3.8, 4) is 0 Å². The van der Waals surface area contributed by atoms with Gasteiger partial charge in [0.1, 0.15) is 11.0 Å². The van der Waals surface area contributed by atoms with E-state index in [0.717, 1.165) is 17.4 Å². The van der Waals surface area contributed by atoms with Crippen LogP contribution in [0.15, 0.2) is 18.3 Å². The molecule has 0 saturated carbocycles. The third kappa shape index (κ3) is 4.32. The smallest absolute Gasteiger partial charge is 0.378 e. The molecule has 6 nitrogen and oxygen atoms in total. The molecule has 0 unspecified atom stereocenters. The highest BCUT2D eigenvalue weighted by atomic mass is 35.5. The van der Waals surface area contributed by atoms with Crippen LogP contribution < -0.4 is 9.80 Å². The van der Waals surface area contributed by atoms with Gasteiger partial charge in [-0.05, 0) is 31.9 Å². The van der Waals surface area contributed by atoms with Gasteiger partial charge >= 0.3 is 6.18 Å². The number of rotatable bonds is 3. The highest BCUT2D eigenvalue weighted by Gasteiger charge is 2.37. The van der Waals surface area contributed by atoms with Gasteiger partial charge in [-0.3, -0.25) is 4.98 Å². The highest BCUT2D eigenvalue weighted by molar-refractivity contribution is 6.30. The fourth-order valence-electron chi connectivity index (χ4n) is 4.03. The summed E-state index contributed by atoms with van der Waals surface area (Å²) in [5.41, 5.74) is 0.274. The number of morpholine rings is 1. The molecule has 4 rings (SSSR count). The van der Waals surface area contributed by atoms with Crippen molar-refractivity contribution in [2.75, 3.05) is 49.2 Å². The Labute approximate surface area is 178 Å². The maximum Gasteiger partial charge on any atom is 0.418 e. The number of pyridine rings is 1. The fourth-order valence-corrected chi connectivity index (χ4v) is 4.19. The minimum atomic E-state index is -4.40. The Balaban J connectivity index is 1.53. The van der Waals surface area contributed by atoms with Gasteiger partial charge in [0.2, 0.25) is 5.95 Å². The zero-order valence-electron chi connectivity index (χ0n) is 16.6. The quantitative estimate of drug-likeness (QED) is 0.669. The molecule has 2 aliphatic heterocycles. The van der Waals surface area contributed by atoms with Crippen molar-refractivity contribution in [2.45, 2.75) is 31.9 Å². The highest BCUT2D eigenvalue weighted by Crippen LogP contribution is 2.38. The van der Waals surface area contributed by atoms with Gasteiger partial charge < -0.3 is 14.5 Å². The summed E-state index contributed by atoms with van der Waals surface area (Å²) < 4.78 is 45.5. The summed E-state index contributed by atoms with van der Waals surface area (Å²) in [6, 6.07) is 2.44. The van der Waals surface area contributed by atoms with E-state index in [4.69, 9.17) is 21.3 Å². The third-order valence-electron chi connectivity index (χ3n) is 5.67. The van der Waals surface area contributed by atoms with Crippen molar-refractivity contribution in [2.24, 2.45) is 0 Å². The normalized spacial score (nSPS) is 18.7. The molecule has 2 aromatic heterocycles. The number of aromatic nitrogens is 3. The van der Waals surface area contributed by atoms with E-state index in [9.17, 15) is 13.2 Å². The van der Waals surface area contributed by atoms with Crippen LogP contribution in [0.2, 0.25) is 5.15 Å². The lowest BCUT2D eigenvalue weighted by Gasteiger charge is -2.35. The molecule has 0 amide bonds. The Morgan fingerprint density at radius 2 is 1.77 bits per heavy atom. The predicted molar refractivity (Wildman–Crippen MR) is 108 cm³/mol. The molecule has 30 heavy (non-hydrogen) atoms. The van der Waals surface area contributed by atoms with Crippen LogP contribution in [0.25, 0.3) is 0 Å².